The van der Waals surface area contributed by atoms with Gasteiger partial charge in [-0.1, -0.05) is 16.8 Å². The van der Waals surface area contributed by atoms with Crippen LogP contribution in [0.25, 0.3) is 15.9 Å². The van der Waals surface area contributed by atoms with Crippen LogP contribution in [0.5, 0.6) is 0 Å². The van der Waals surface area contributed by atoms with Gasteiger partial charge in [-0.3, -0.25) is 0 Å². The van der Waals surface area contributed by atoms with E-state index >= 15 is 0 Å². The van der Waals surface area contributed by atoms with Crippen molar-refractivity contribution in [2.45, 2.75) is 20.5 Å². The molecule has 0 spiro atoms. The summed E-state index contributed by atoms with van der Waals surface area (Å²) in [5.41, 5.74) is 1.70. The molecule has 0 N–H and O–H groups in total. The van der Waals surface area contributed by atoms with E-state index < -0.39 is 5.97 Å². The van der Waals surface area contributed by atoms with E-state index in [2.05, 4.69) is 15.2 Å². The van der Waals surface area contributed by atoms with E-state index in [1.165, 1.54) is 11.3 Å². The van der Waals surface area contributed by atoms with Crippen LogP contribution >= 0.6 is 22.9 Å². The molecule has 3 aromatic heterocycles. The van der Waals surface area contributed by atoms with Gasteiger partial charge in [-0.25, -0.2) is 9.48 Å². The molecule has 7 nitrogen and oxygen atoms in total. The van der Waals surface area contributed by atoms with Crippen LogP contribution in [0, 0.1) is 13.8 Å². The second-order valence-electron chi connectivity index (χ2n) is 5.61. The lowest BCUT2D eigenvalue weighted by molar-refractivity contribution is 0.0435. The second-order valence-corrected chi connectivity index (χ2v) is 7.08. The molecule has 0 aliphatic rings. The Balaban J connectivity index is 1.61. The number of ether oxygens (including phenoxy) is 1. The van der Waals surface area contributed by atoms with Crippen molar-refractivity contribution < 1.29 is 14.1 Å². The van der Waals surface area contributed by atoms with Crippen LogP contribution in [0.4, 0.5) is 0 Å². The summed E-state index contributed by atoms with van der Waals surface area (Å²) in [5, 5.41) is 9.77. The van der Waals surface area contributed by atoms with Crippen LogP contribution < -0.4 is 0 Å². The first-order valence-corrected chi connectivity index (χ1v) is 8.92. The Hall–Kier alpha value is -2.71. The SMILES string of the molecule is Cc1noc(COC(=O)c2cc3c(C)nn(-c4ccc(Cl)cc4)c3s2)n1. The largest absolute Gasteiger partial charge is 0.451 e. The third-order valence-electron chi connectivity index (χ3n) is 3.71. The fourth-order valence-electron chi connectivity index (χ4n) is 2.50. The number of aryl methyl sites for hydroxylation is 2. The molecule has 4 aromatic rings. The number of fused-ring (bicyclic) bond motifs is 1. The average molecular weight is 389 g/mol. The number of nitrogens with zero attached hydrogens (tertiary/aromatic N) is 4. The lowest BCUT2D eigenvalue weighted by Gasteiger charge is -2.02. The smallest absolute Gasteiger partial charge is 0.348 e. The average Bonchev–Trinajstić information content (AvgIpc) is 3.31. The molecule has 1 aromatic carbocycles. The fourth-order valence-corrected chi connectivity index (χ4v) is 3.70. The van der Waals surface area contributed by atoms with E-state index in [9.17, 15) is 4.79 Å². The summed E-state index contributed by atoms with van der Waals surface area (Å²) in [4.78, 5) is 17.7. The van der Waals surface area contributed by atoms with E-state index in [1.807, 2.05) is 19.1 Å². The normalized spacial score (nSPS) is 11.2. The molecule has 0 amide bonds. The monoisotopic (exact) mass is 388 g/mol. The summed E-state index contributed by atoms with van der Waals surface area (Å²) in [6.45, 7) is 3.54. The molecule has 0 radical (unpaired) electrons. The molecule has 0 fully saturated rings. The molecule has 0 atom stereocenters. The van der Waals surface area contributed by atoms with Gasteiger partial charge in [0.1, 0.15) is 9.71 Å². The van der Waals surface area contributed by atoms with E-state index in [0.717, 1.165) is 21.6 Å². The zero-order valence-electron chi connectivity index (χ0n) is 13.9. The van der Waals surface area contributed by atoms with Crippen molar-refractivity contribution in [1.29, 1.82) is 0 Å². The standard InChI is InChI=1S/C17H13ClN4O3S/c1-9-13-7-14(17(23)24-8-15-19-10(2)21-25-15)26-16(13)22(20-9)12-5-3-11(18)4-6-12/h3-7H,8H2,1-2H3. The van der Waals surface area contributed by atoms with Crippen LogP contribution in [-0.2, 0) is 11.3 Å². The highest BCUT2D eigenvalue weighted by atomic mass is 35.5. The van der Waals surface area contributed by atoms with Gasteiger partial charge in [0.25, 0.3) is 5.89 Å². The predicted molar refractivity (Wildman–Crippen MR) is 96.8 cm³/mol. The second kappa shape index (κ2) is 6.54. The highest BCUT2D eigenvalue weighted by Gasteiger charge is 2.19. The molecular formula is C17H13ClN4O3S. The highest BCUT2D eigenvalue weighted by Crippen LogP contribution is 2.31. The number of halogens is 1. The molecule has 0 saturated heterocycles. The number of aromatic nitrogens is 4. The fraction of sp³-hybridized carbons (Fsp3) is 0.176. The first-order chi connectivity index (χ1) is 12.5. The van der Waals surface area contributed by atoms with Crippen LogP contribution in [0.15, 0.2) is 34.9 Å². The summed E-state index contributed by atoms with van der Waals surface area (Å²) in [6.07, 6.45) is 0. The van der Waals surface area contributed by atoms with Crippen molar-refractivity contribution in [1.82, 2.24) is 19.9 Å². The molecule has 0 aliphatic carbocycles. The Morgan fingerprint density at radius 3 is 2.77 bits per heavy atom. The van der Waals surface area contributed by atoms with Gasteiger partial charge in [-0.2, -0.15) is 10.1 Å². The molecule has 0 aliphatic heterocycles. The summed E-state index contributed by atoms with van der Waals surface area (Å²) < 4.78 is 12.0. The minimum Gasteiger partial charge on any atom is -0.451 e. The van der Waals surface area contributed by atoms with E-state index in [-0.39, 0.29) is 12.5 Å². The van der Waals surface area contributed by atoms with Crippen molar-refractivity contribution in [2.24, 2.45) is 0 Å². The third-order valence-corrected chi connectivity index (χ3v) is 5.06. The quantitative estimate of drug-likeness (QED) is 0.489. The summed E-state index contributed by atoms with van der Waals surface area (Å²) in [6, 6.07) is 9.15. The zero-order valence-corrected chi connectivity index (χ0v) is 15.5. The van der Waals surface area contributed by atoms with Crippen molar-refractivity contribution >= 4 is 39.1 Å². The van der Waals surface area contributed by atoms with Gasteiger partial charge >= 0.3 is 5.97 Å². The number of benzene rings is 1. The Morgan fingerprint density at radius 1 is 1.31 bits per heavy atom. The molecule has 0 saturated carbocycles. The number of esters is 1. The molecule has 3 heterocycles. The van der Waals surface area contributed by atoms with Crippen molar-refractivity contribution in [3.63, 3.8) is 0 Å². The van der Waals surface area contributed by atoms with E-state index in [4.69, 9.17) is 20.9 Å². The minimum absolute atomic E-state index is 0.0593. The number of rotatable bonds is 4. The first-order valence-electron chi connectivity index (χ1n) is 7.72. The lowest BCUT2D eigenvalue weighted by Crippen LogP contribution is -2.03. The minimum atomic E-state index is -0.441. The summed E-state index contributed by atoms with van der Waals surface area (Å²) in [7, 11) is 0. The van der Waals surface area contributed by atoms with Crippen LogP contribution in [0.2, 0.25) is 5.02 Å². The lowest BCUT2D eigenvalue weighted by atomic mass is 10.3. The number of thiophene rings is 1. The van der Waals surface area contributed by atoms with Gasteiger partial charge < -0.3 is 9.26 Å². The Kier molecular flexibility index (Phi) is 4.21. The molecule has 4 rings (SSSR count). The number of hydrogen-bond acceptors (Lipinski definition) is 7. The van der Waals surface area contributed by atoms with E-state index in [1.54, 1.807) is 29.8 Å². The Labute approximate surface area is 157 Å². The maximum absolute atomic E-state index is 12.3. The topological polar surface area (TPSA) is 83.0 Å². The number of carbonyl (C=O) groups is 1. The molecular weight excluding hydrogens is 376 g/mol. The van der Waals surface area contributed by atoms with Crippen LogP contribution in [0.1, 0.15) is 27.1 Å². The van der Waals surface area contributed by atoms with Gasteiger partial charge in [0.15, 0.2) is 12.4 Å². The van der Waals surface area contributed by atoms with Gasteiger partial charge in [-0.15, -0.1) is 11.3 Å². The zero-order chi connectivity index (χ0) is 18.3. The van der Waals surface area contributed by atoms with Gasteiger partial charge in [-0.05, 0) is 44.2 Å². The Morgan fingerprint density at radius 2 is 2.08 bits per heavy atom. The van der Waals surface area contributed by atoms with Crippen molar-refractivity contribution in [3.05, 3.63) is 57.6 Å². The van der Waals surface area contributed by atoms with Crippen LogP contribution in [-0.4, -0.2) is 25.9 Å². The Bertz CT molecular complexity index is 1100. The molecule has 9 heteroatoms. The molecule has 26 heavy (non-hydrogen) atoms. The van der Waals surface area contributed by atoms with Crippen molar-refractivity contribution in [3.8, 4) is 5.69 Å². The molecule has 0 unspecified atom stereocenters. The van der Waals surface area contributed by atoms with Gasteiger partial charge in [0, 0.05) is 10.4 Å². The maximum Gasteiger partial charge on any atom is 0.348 e. The number of carbonyl (C=O) groups excluding carboxylic acids is 1. The van der Waals surface area contributed by atoms with Crippen LogP contribution in [0.3, 0.4) is 0 Å². The predicted octanol–water partition coefficient (Wildman–Crippen LogP) is 4.10. The van der Waals surface area contributed by atoms with Gasteiger partial charge in [0.2, 0.25) is 0 Å². The summed E-state index contributed by atoms with van der Waals surface area (Å²) >= 11 is 7.27. The van der Waals surface area contributed by atoms with Gasteiger partial charge in [0.05, 0.1) is 11.4 Å². The molecule has 132 valence electrons. The van der Waals surface area contributed by atoms with E-state index in [0.29, 0.717) is 15.7 Å². The highest BCUT2D eigenvalue weighted by molar-refractivity contribution is 7.20. The molecule has 0 bridgehead atoms. The first kappa shape index (κ1) is 16.7. The third kappa shape index (κ3) is 3.09. The maximum atomic E-state index is 12.3. The summed E-state index contributed by atoms with van der Waals surface area (Å²) in [5.74, 6) is 0.321. The van der Waals surface area contributed by atoms with Crippen molar-refractivity contribution in [2.75, 3.05) is 0 Å². The number of hydrogen-bond donors (Lipinski definition) is 0.